The normalized spacial score (nSPS) is 54.8. The van der Waals surface area contributed by atoms with Gasteiger partial charge >= 0.3 is 0 Å². The number of rotatable bonds is 2. The van der Waals surface area contributed by atoms with Crippen LogP contribution in [0.15, 0.2) is 0 Å². The second-order valence-electron chi connectivity index (χ2n) is 8.03. The summed E-state index contributed by atoms with van der Waals surface area (Å²) in [4.78, 5) is 0. The fraction of sp³-hybridized carbons (Fsp3) is 1.00. The van der Waals surface area contributed by atoms with Crippen LogP contribution < -0.4 is 5.73 Å². The first-order chi connectivity index (χ1) is 8.79. The zero-order chi connectivity index (χ0) is 12.1. The van der Waals surface area contributed by atoms with Crippen molar-refractivity contribution in [3.05, 3.63) is 0 Å². The molecular weight excluding hydrogens is 218 g/mol. The van der Waals surface area contributed by atoms with Gasteiger partial charge in [0.1, 0.15) is 0 Å². The van der Waals surface area contributed by atoms with Gasteiger partial charge in [-0.3, -0.25) is 0 Å². The Balaban J connectivity index is 1.32. The highest BCUT2D eigenvalue weighted by molar-refractivity contribution is 4.96. The van der Waals surface area contributed by atoms with Crippen LogP contribution in [0.5, 0.6) is 0 Å². The number of hydrogen-bond donors (Lipinski definition) is 1. The Morgan fingerprint density at radius 2 is 1.39 bits per heavy atom. The number of hydrogen-bond acceptors (Lipinski definition) is 1. The van der Waals surface area contributed by atoms with Crippen molar-refractivity contribution in [1.82, 2.24) is 0 Å². The van der Waals surface area contributed by atoms with Crippen molar-refractivity contribution in [2.24, 2.45) is 41.2 Å². The van der Waals surface area contributed by atoms with E-state index in [2.05, 4.69) is 0 Å². The van der Waals surface area contributed by atoms with Crippen LogP contribution >= 0.6 is 0 Å². The highest BCUT2D eigenvalue weighted by Crippen LogP contribution is 2.52. The Morgan fingerprint density at radius 3 is 2.11 bits per heavy atom. The third-order valence-corrected chi connectivity index (χ3v) is 7.02. The lowest BCUT2D eigenvalue weighted by molar-refractivity contribution is 0.341. The molecule has 4 aliphatic rings. The molecule has 0 amide bonds. The van der Waals surface area contributed by atoms with Gasteiger partial charge in [-0.05, 0) is 80.5 Å². The van der Waals surface area contributed by atoms with Gasteiger partial charge in [-0.25, -0.2) is 0 Å². The van der Waals surface area contributed by atoms with Gasteiger partial charge < -0.3 is 5.73 Å². The van der Waals surface area contributed by atoms with Gasteiger partial charge in [-0.2, -0.15) is 0 Å². The van der Waals surface area contributed by atoms with Gasteiger partial charge in [-0.1, -0.05) is 19.3 Å². The predicted octanol–water partition coefficient (Wildman–Crippen LogP) is 3.97. The van der Waals surface area contributed by atoms with Crippen LogP contribution in [0, 0.1) is 35.5 Å². The molecule has 0 saturated heterocycles. The molecule has 4 fully saturated rings. The molecule has 0 aliphatic heterocycles. The lowest BCUT2D eigenvalue weighted by atomic mass is 9.88. The minimum Gasteiger partial charge on any atom is -0.327 e. The highest BCUT2D eigenvalue weighted by Gasteiger charge is 2.44. The Labute approximate surface area is 112 Å². The Bertz CT molecular complexity index is 301. The van der Waals surface area contributed by atoms with Gasteiger partial charge in [0.25, 0.3) is 0 Å². The van der Waals surface area contributed by atoms with E-state index in [4.69, 9.17) is 5.73 Å². The lowest BCUT2D eigenvalue weighted by Crippen LogP contribution is -2.25. The van der Waals surface area contributed by atoms with Crippen molar-refractivity contribution in [1.29, 1.82) is 0 Å². The van der Waals surface area contributed by atoms with Crippen LogP contribution in [0.25, 0.3) is 0 Å². The molecule has 18 heavy (non-hydrogen) atoms. The zero-order valence-corrected chi connectivity index (χ0v) is 11.7. The van der Waals surface area contributed by atoms with Crippen LogP contribution in [0.4, 0.5) is 0 Å². The average Bonchev–Trinajstić information content (AvgIpc) is 3.02. The minimum absolute atomic E-state index is 0.558. The third-order valence-electron chi connectivity index (χ3n) is 7.02. The van der Waals surface area contributed by atoms with Crippen LogP contribution in [0.1, 0.15) is 64.2 Å². The number of fused-ring (bicyclic) bond motifs is 2. The molecule has 0 bridgehead atoms. The first-order valence-electron chi connectivity index (χ1n) is 8.55. The SMILES string of the molecule is NC1CCC2CC(CC3CC4CCCC4C3)CC12. The van der Waals surface area contributed by atoms with Crippen LogP contribution in [-0.4, -0.2) is 6.04 Å². The molecule has 0 heterocycles. The third kappa shape index (κ3) is 1.94. The first kappa shape index (κ1) is 11.8. The lowest BCUT2D eigenvalue weighted by Gasteiger charge is -2.18. The number of nitrogens with two attached hydrogens (primary N) is 1. The summed E-state index contributed by atoms with van der Waals surface area (Å²) in [7, 11) is 0. The van der Waals surface area contributed by atoms with E-state index in [-0.39, 0.29) is 0 Å². The summed E-state index contributed by atoms with van der Waals surface area (Å²) in [5.74, 6) is 6.36. The topological polar surface area (TPSA) is 26.0 Å². The van der Waals surface area contributed by atoms with E-state index in [1.807, 2.05) is 0 Å². The minimum atomic E-state index is 0.558. The molecule has 0 spiro atoms. The molecule has 102 valence electrons. The molecule has 0 aromatic carbocycles. The molecule has 1 nitrogen and oxygen atoms in total. The molecule has 6 atom stereocenters. The van der Waals surface area contributed by atoms with Gasteiger partial charge in [0.2, 0.25) is 0 Å². The van der Waals surface area contributed by atoms with Crippen molar-refractivity contribution in [3.63, 3.8) is 0 Å². The van der Waals surface area contributed by atoms with E-state index >= 15 is 0 Å². The molecule has 0 aromatic heterocycles. The maximum Gasteiger partial charge on any atom is 0.00700 e. The highest BCUT2D eigenvalue weighted by atomic mass is 14.7. The molecule has 0 aromatic rings. The summed E-state index contributed by atoms with van der Waals surface area (Å²) in [6.45, 7) is 0. The maximum atomic E-state index is 6.27. The molecule has 2 N–H and O–H groups in total. The standard InChI is InChI=1S/C17H29N/c18-17-5-4-15-9-12(10-16(15)17)6-11-7-13-2-1-3-14(13)8-11/h11-17H,1-10,18H2. The van der Waals surface area contributed by atoms with E-state index in [9.17, 15) is 0 Å². The van der Waals surface area contributed by atoms with Gasteiger partial charge in [0.05, 0.1) is 0 Å². The van der Waals surface area contributed by atoms with Crippen molar-refractivity contribution < 1.29 is 0 Å². The summed E-state index contributed by atoms with van der Waals surface area (Å²) < 4.78 is 0. The van der Waals surface area contributed by atoms with Gasteiger partial charge in [-0.15, -0.1) is 0 Å². The molecule has 6 unspecified atom stereocenters. The summed E-state index contributed by atoms with van der Waals surface area (Å²) in [5.41, 5.74) is 6.27. The second-order valence-corrected chi connectivity index (χ2v) is 8.03. The summed E-state index contributed by atoms with van der Waals surface area (Å²) in [6, 6.07) is 0.558. The van der Waals surface area contributed by atoms with Crippen molar-refractivity contribution in [2.45, 2.75) is 70.3 Å². The Kier molecular flexibility index (Phi) is 2.94. The molecule has 0 radical (unpaired) electrons. The molecular formula is C17H29N. The smallest absolute Gasteiger partial charge is 0.00700 e. The van der Waals surface area contributed by atoms with Crippen LogP contribution in [0.2, 0.25) is 0 Å². The van der Waals surface area contributed by atoms with Gasteiger partial charge in [0, 0.05) is 6.04 Å². The average molecular weight is 247 g/mol. The quantitative estimate of drug-likeness (QED) is 0.785. The summed E-state index contributed by atoms with van der Waals surface area (Å²) in [5, 5.41) is 0. The van der Waals surface area contributed by atoms with E-state index in [1.54, 1.807) is 32.1 Å². The fourth-order valence-corrected chi connectivity index (χ4v) is 6.30. The molecule has 4 saturated carbocycles. The Hall–Kier alpha value is -0.0400. The largest absolute Gasteiger partial charge is 0.327 e. The fourth-order valence-electron chi connectivity index (χ4n) is 6.30. The maximum absolute atomic E-state index is 6.27. The van der Waals surface area contributed by atoms with Crippen LogP contribution in [0.3, 0.4) is 0 Å². The molecule has 4 aliphatic carbocycles. The van der Waals surface area contributed by atoms with Gasteiger partial charge in [0.15, 0.2) is 0 Å². The predicted molar refractivity (Wildman–Crippen MR) is 75.1 cm³/mol. The van der Waals surface area contributed by atoms with E-state index in [0.717, 1.165) is 35.5 Å². The molecule has 1 heteroatoms. The van der Waals surface area contributed by atoms with Crippen LogP contribution in [-0.2, 0) is 0 Å². The molecule has 4 rings (SSSR count). The zero-order valence-electron chi connectivity index (χ0n) is 11.7. The first-order valence-corrected chi connectivity index (χ1v) is 8.55. The van der Waals surface area contributed by atoms with Crippen molar-refractivity contribution in [3.8, 4) is 0 Å². The van der Waals surface area contributed by atoms with E-state index < -0.39 is 0 Å². The Morgan fingerprint density at radius 1 is 0.722 bits per heavy atom. The summed E-state index contributed by atoms with van der Waals surface area (Å²) >= 11 is 0. The second kappa shape index (κ2) is 4.51. The van der Waals surface area contributed by atoms with Crippen molar-refractivity contribution in [2.75, 3.05) is 0 Å². The van der Waals surface area contributed by atoms with E-state index in [1.165, 1.54) is 32.1 Å². The summed E-state index contributed by atoms with van der Waals surface area (Å²) in [6.07, 6.45) is 15.2. The van der Waals surface area contributed by atoms with E-state index in [0.29, 0.717) is 6.04 Å². The van der Waals surface area contributed by atoms with Crippen molar-refractivity contribution >= 4 is 0 Å². The monoisotopic (exact) mass is 247 g/mol.